The summed E-state index contributed by atoms with van der Waals surface area (Å²) in [5, 5.41) is 5.68. The molecule has 0 saturated carbocycles. The molecule has 0 atom stereocenters. The SMILES string of the molecule is CC(=O)NCc1cccc(C(=O)NCCc2ccc3c(c2)CCO3)c1. The molecule has 0 aromatic heterocycles. The quantitative estimate of drug-likeness (QED) is 0.849. The van der Waals surface area contributed by atoms with Gasteiger partial charge in [0.15, 0.2) is 0 Å². The molecule has 25 heavy (non-hydrogen) atoms. The van der Waals surface area contributed by atoms with Gasteiger partial charge in [0, 0.05) is 32.0 Å². The lowest BCUT2D eigenvalue weighted by Gasteiger charge is -2.08. The van der Waals surface area contributed by atoms with Gasteiger partial charge >= 0.3 is 0 Å². The Labute approximate surface area is 147 Å². The third-order valence-corrected chi connectivity index (χ3v) is 4.18. The van der Waals surface area contributed by atoms with Gasteiger partial charge < -0.3 is 15.4 Å². The van der Waals surface area contributed by atoms with Crippen LogP contribution in [0, 0.1) is 0 Å². The largest absolute Gasteiger partial charge is 0.493 e. The van der Waals surface area contributed by atoms with E-state index in [1.165, 1.54) is 18.1 Å². The summed E-state index contributed by atoms with van der Waals surface area (Å²) >= 11 is 0. The van der Waals surface area contributed by atoms with Crippen molar-refractivity contribution in [2.75, 3.05) is 13.2 Å². The second-order valence-electron chi connectivity index (χ2n) is 6.16. The standard InChI is InChI=1S/C20H22N2O3/c1-14(23)22-13-16-3-2-4-18(12-16)20(24)21-9-7-15-5-6-19-17(11-15)8-10-25-19/h2-6,11-12H,7-10,13H2,1H3,(H,21,24)(H,22,23). The molecule has 1 heterocycles. The second kappa shape index (κ2) is 7.83. The number of fused-ring (bicyclic) bond motifs is 1. The van der Waals surface area contributed by atoms with Crippen LogP contribution in [0.2, 0.25) is 0 Å². The van der Waals surface area contributed by atoms with Crippen LogP contribution in [0.15, 0.2) is 42.5 Å². The van der Waals surface area contributed by atoms with Gasteiger partial charge in [0.05, 0.1) is 6.61 Å². The van der Waals surface area contributed by atoms with Crippen molar-refractivity contribution in [2.45, 2.75) is 26.3 Å². The highest BCUT2D eigenvalue weighted by Crippen LogP contribution is 2.25. The Morgan fingerprint density at radius 2 is 1.96 bits per heavy atom. The number of amides is 2. The number of hydrogen-bond acceptors (Lipinski definition) is 3. The highest BCUT2D eigenvalue weighted by Gasteiger charge is 2.12. The van der Waals surface area contributed by atoms with E-state index >= 15 is 0 Å². The van der Waals surface area contributed by atoms with Gasteiger partial charge in [-0.2, -0.15) is 0 Å². The Morgan fingerprint density at radius 3 is 2.80 bits per heavy atom. The van der Waals surface area contributed by atoms with Crippen LogP contribution >= 0.6 is 0 Å². The molecular weight excluding hydrogens is 316 g/mol. The summed E-state index contributed by atoms with van der Waals surface area (Å²) < 4.78 is 5.50. The van der Waals surface area contributed by atoms with E-state index in [9.17, 15) is 9.59 Å². The van der Waals surface area contributed by atoms with Crippen molar-refractivity contribution in [1.82, 2.24) is 10.6 Å². The number of hydrogen-bond donors (Lipinski definition) is 2. The molecule has 0 saturated heterocycles. The molecule has 2 aromatic rings. The Kier molecular flexibility index (Phi) is 5.33. The van der Waals surface area contributed by atoms with Crippen LogP contribution in [0.5, 0.6) is 5.75 Å². The predicted octanol–water partition coefficient (Wildman–Crippen LogP) is 2.23. The van der Waals surface area contributed by atoms with Crippen molar-refractivity contribution in [3.8, 4) is 5.75 Å². The minimum absolute atomic E-state index is 0.0883. The molecule has 1 aliphatic heterocycles. The Hall–Kier alpha value is -2.82. The van der Waals surface area contributed by atoms with E-state index in [-0.39, 0.29) is 11.8 Å². The van der Waals surface area contributed by atoms with Crippen LogP contribution in [-0.2, 0) is 24.2 Å². The molecule has 1 aliphatic rings. The van der Waals surface area contributed by atoms with Crippen molar-refractivity contribution in [1.29, 1.82) is 0 Å². The minimum Gasteiger partial charge on any atom is -0.493 e. The Bertz CT molecular complexity index is 786. The topological polar surface area (TPSA) is 67.4 Å². The van der Waals surface area contributed by atoms with E-state index in [4.69, 9.17) is 4.74 Å². The fourth-order valence-corrected chi connectivity index (χ4v) is 2.87. The first-order valence-corrected chi connectivity index (χ1v) is 8.48. The fraction of sp³-hybridized carbons (Fsp3) is 0.300. The van der Waals surface area contributed by atoms with E-state index in [2.05, 4.69) is 16.7 Å². The number of carbonyl (C=O) groups is 2. The van der Waals surface area contributed by atoms with E-state index in [1.807, 2.05) is 24.3 Å². The molecule has 2 aromatic carbocycles. The van der Waals surface area contributed by atoms with Gasteiger partial charge in [0.25, 0.3) is 5.91 Å². The van der Waals surface area contributed by atoms with Gasteiger partial charge in [-0.05, 0) is 41.3 Å². The van der Waals surface area contributed by atoms with Crippen LogP contribution in [0.4, 0.5) is 0 Å². The molecule has 2 N–H and O–H groups in total. The van der Waals surface area contributed by atoms with Gasteiger partial charge in [-0.25, -0.2) is 0 Å². The fourth-order valence-electron chi connectivity index (χ4n) is 2.87. The van der Waals surface area contributed by atoms with Crippen LogP contribution in [0.25, 0.3) is 0 Å². The summed E-state index contributed by atoms with van der Waals surface area (Å²) in [7, 11) is 0. The van der Waals surface area contributed by atoms with Crippen LogP contribution in [0.1, 0.15) is 34.0 Å². The number of carbonyl (C=O) groups excluding carboxylic acids is 2. The molecule has 0 fully saturated rings. The summed E-state index contributed by atoms with van der Waals surface area (Å²) in [4.78, 5) is 23.3. The van der Waals surface area contributed by atoms with E-state index < -0.39 is 0 Å². The lowest BCUT2D eigenvalue weighted by molar-refractivity contribution is -0.119. The third-order valence-electron chi connectivity index (χ3n) is 4.18. The summed E-state index contributed by atoms with van der Waals surface area (Å²) in [6.07, 6.45) is 1.74. The smallest absolute Gasteiger partial charge is 0.251 e. The zero-order chi connectivity index (χ0) is 17.6. The van der Waals surface area contributed by atoms with Gasteiger partial charge in [-0.15, -0.1) is 0 Å². The van der Waals surface area contributed by atoms with Crippen LogP contribution < -0.4 is 15.4 Å². The molecule has 0 unspecified atom stereocenters. The predicted molar refractivity (Wildman–Crippen MR) is 95.6 cm³/mol. The number of nitrogens with one attached hydrogen (secondary N) is 2. The van der Waals surface area contributed by atoms with Crippen molar-refractivity contribution in [2.24, 2.45) is 0 Å². The van der Waals surface area contributed by atoms with Crippen molar-refractivity contribution >= 4 is 11.8 Å². The number of rotatable bonds is 6. The number of ether oxygens (including phenoxy) is 1. The lowest BCUT2D eigenvalue weighted by Crippen LogP contribution is -2.26. The maximum absolute atomic E-state index is 12.3. The first kappa shape index (κ1) is 17.0. The maximum atomic E-state index is 12.3. The normalized spacial score (nSPS) is 12.2. The average Bonchev–Trinajstić information content (AvgIpc) is 3.08. The molecule has 0 aliphatic carbocycles. The highest BCUT2D eigenvalue weighted by atomic mass is 16.5. The third kappa shape index (κ3) is 4.59. The Morgan fingerprint density at radius 1 is 1.08 bits per heavy atom. The molecule has 0 spiro atoms. The van der Waals surface area contributed by atoms with Crippen molar-refractivity contribution < 1.29 is 14.3 Å². The molecule has 5 nitrogen and oxygen atoms in total. The summed E-state index contributed by atoms with van der Waals surface area (Å²) in [6, 6.07) is 13.5. The average molecular weight is 338 g/mol. The Balaban J connectivity index is 1.52. The van der Waals surface area contributed by atoms with Gasteiger partial charge in [-0.3, -0.25) is 9.59 Å². The summed E-state index contributed by atoms with van der Waals surface area (Å²) in [5.41, 5.74) is 3.95. The lowest BCUT2D eigenvalue weighted by atomic mass is 10.1. The monoisotopic (exact) mass is 338 g/mol. The van der Waals surface area contributed by atoms with Crippen LogP contribution in [-0.4, -0.2) is 25.0 Å². The molecular formula is C20H22N2O3. The zero-order valence-corrected chi connectivity index (χ0v) is 14.3. The molecule has 0 bridgehead atoms. The molecule has 0 radical (unpaired) electrons. The van der Waals surface area contributed by atoms with Gasteiger partial charge in [0.1, 0.15) is 5.75 Å². The minimum atomic E-state index is -0.103. The molecule has 130 valence electrons. The molecule has 5 heteroatoms. The number of benzene rings is 2. The summed E-state index contributed by atoms with van der Waals surface area (Å²) in [6.45, 7) is 3.23. The molecule has 2 amide bonds. The van der Waals surface area contributed by atoms with E-state index in [1.54, 1.807) is 12.1 Å². The second-order valence-corrected chi connectivity index (χ2v) is 6.16. The van der Waals surface area contributed by atoms with E-state index in [0.29, 0.717) is 18.7 Å². The van der Waals surface area contributed by atoms with Gasteiger partial charge in [0.2, 0.25) is 5.91 Å². The van der Waals surface area contributed by atoms with Crippen molar-refractivity contribution in [3.63, 3.8) is 0 Å². The van der Waals surface area contributed by atoms with Crippen molar-refractivity contribution in [3.05, 3.63) is 64.7 Å². The first-order valence-electron chi connectivity index (χ1n) is 8.48. The molecule has 3 rings (SSSR count). The van der Waals surface area contributed by atoms with Crippen LogP contribution in [0.3, 0.4) is 0 Å². The van der Waals surface area contributed by atoms with Gasteiger partial charge in [-0.1, -0.05) is 24.3 Å². The maximum Gasteiger partial charge on any atom is 0.251 e. The summed E-state index contributed by atoms with van der Waals surface area (Å²) in [5.74, 6) is 0.785. The zero-order valence-electron chi connectivity index (χ0n) is 14.3. The van der Waals surface area contributed by atoms with E-state index in [0.717, 1.165) is 30.8 Å². The highest BCUT2D eigenvalue weighted by molar-refractivity contribution is 5.94. The first-order chi connectivity index (χ1) is 12.1.